The van der Waals surface area contributed by atoms with Crippen molar-refractivity contribution >= 4 is 11.8 Å². The van der Waals surface area contributed by atoms with Crippen LogP contribution in [0.4, 0.5) is 0 Å². The molecule has 1 aliphatic rings. The predicted octanol–water partition coefficient (Wildman–Crippen LogP) is 2.99. The Balaban J connectivity index is 2.13. The predicted molar refractivity (Wildman–Crippen MR) is 148 cm³/mol. The highest BCUT2D eigenvalue weighted by Gasteiger charge is 2.35. The Morgan fingerprint density at radius 3 is 2.45 bits per heavy atom. The quantitative estimate of drug-likeness (QED) is 0.279. The molecule has 1 fully saturated rings. The molecule has 0 aromatic heterocycles. The third-order valence-corrected chi connectivity index (χ3v) is 7.09. The number of benzene rings is 1. The SMILES string of the molecule is CC[C@H](C)N(Cc1cc(OC)cc(OCCCOC)c1)C(=O)[C@H]1CNC[C@@H](C(=O)NC(CO)CC(C)C)C1. The van der Waals surface area contributed by atoms with Gasteiger partial charge in [0, 0.05) is 51.9 Å². The first-order chi connectivity index (χ1) is 18.2. The maximum atomic E-state index is 13.8. The number of hydrogen-bond donors (Lipinski definition) is 3. The Kier molecular flexibility index (Phi) is 13.9. The number of piperidine rings is 1. The van der Waals surface area contributed by atoms with E-state index in [1.165, 1.54) is 0 Å². The zero-order chi connectivity index (χ0) is 28.1. The lowest BCUT2D eigenvalue weighted by atomic mass is 9.88. The summed E-state index contributed by atoms with van der Waals surface area (Å²) >= 11 is 0. The number of hydrogen-bond acceptors (Lipinski definition) is 7. The van der Waals surface area contributed by atoms with E-state index in [1.807, 2.05) is 23.1 Å². The Bertz CT molecular complexity index is 865. The number of ether oxygens (including phenoxy) is 3. The van der Waals surface area contributed by atoms with E-state index in [4.69, 9.17) is 14.2 Å². The van der Waals surface area contributed by atoms with E-state index in [0.29, 0.717) is 63.1 Å². The van der Waals surface area contributed by atoms with Crippen molar-refractivity contribution < 1.29 is 28.9 Å². The zero-order valence-electron chi connectivity index (χ0n) is 24.1. The van der Waals surface area contributed by atoms with E-state index in [-0.39, 0.29) is 42.3 Å². The van der Waals surface area contributed by atoms with Crippen molar-refractivity contribution in [1.29, 1.82) is 0 Å². The van der Waals surface area contributed by atoms with E-state index in [2.05, 4.69) is 38.3 Å². The van der Waals surface area contributed by atoms with Crippen LogP contribution in [-0.2, 0) is 20.9 Å². The molecule has 216 valence electrons. The molecule has 4 atom stereocenters. The maximum Gasteiger partial charge on any atom is 0.227 e. The maximum absolute atomic E-state index is 13.8. The molecule has 1 aromatic carbocycles. The van der Waals surface area contributed by atoms with Crippen molar-refractivity contribution in [2.75, 3.05) is 47.1 Å². The van der Waals surface area contributed by atoms with Crippen molar-refractivity contribution in [2.24, 2.45) is 17.8 Å². The smallest absolute Gasteiger partial charge is 0.227 e. The molecule has 1 heterocycles. The molecule has 9 heteroatoms. The van der Waals surface area contributed by atoms with Gasteiger partial charge in [0.05, 0.1) is 38.2 Å². The first-order valence-corrected chi connectivity index (χ1v) is 13.9. The zero-order valence-corrected chi connectivity index (χ0v) is 24.1. The topological polar surface area (TPSA) is 109 Å². The van der Waals surface area contributed by atoms with Gasteiger partial charge in [-0.3, -0.25) is 9.59 Å². The monoisotopic (exact) mass is 535 g/mol. The summed E-state index contributed by atoms with van der Waals surface area (Å²) in [6, 6.07) is 5.49. The van der Waals surface area contributed by atoms with Gasteiger partial charge in [0.2, 0.25) is 11.8 Å². The van der Waals surface area contributed by atoms with Gasteiger partial charge in [-0.2, -0.15) is 0 Å². The van der Waals surface area contributed by atoms with Crippen LogP contribution in [0.2, 0.25) is 0 Å². The fourth-order valence-corrected chi connectivity index (χ4v) is 4.82. The molecular formula is C29H49N3O6. The first-order valence-electron chi connectivity index (χ1n) is 13.9. The Labute approximate surface area is 228 Å². The highest BCUT2D eigenvalue weighted by molar-refractivity contribution is 5.83. The number of nitrogens with one attached hydrogen (secondary N) is 2. The lowest BCUT2D eigenvalue weighted by Gasteiger charge is -2.36. The summed E-state index contributed by atoms with van der Waals surface area (Å²) in [4.78, 5) is 28.7. The molecule has 1 unspecified atom stereocenters. The minimum Gasteiger partial charge on any atom is -0.497 e. The van der Waals surface area contributed by atoms with Gasteiger partial charge in [-0.25, -0.2) is 0 Å². The molecule has 38 heavy (non-hydrogen) atoms. The average Bonchev–Trinajstić information content (AvgIpc) is 2.92. The second kappa shape index (κ2) is 16.6. The molecule has 1 saturated heterocycles. The molecular weight excluding hydrogens is 486 g/mol. The molecule has 1 aliphatic heterocycles. The van der Waals surface area contributed by atoms with Crippen LogP contribution in [0, 0.1) is 17.8 Å². The first kappa shape index (κ1) is 31.9. The Morgan fingerprint density at radius 2 is 1.82 bits per heavy atom. The molecule has 2 rings (SSSR count). The summed E-state index contributed by atoms with van der Waals surface area (Å²) in [5, 5.41) is 16.0. The molecule has 0 aliphatic carbocycles. The van der Waals surface area contributed by atoms with Gasteiger partial charge in [-0.05, 0) is 49.8 Å². The van der Waals surface area contributed by atoms with Gasteiger partial charge < -0.3 is 34.9 Å². The van der Waals surface area contributed by atoms with Crippen LogP contribution in [-0.4, -0.2) is 81.0 Å². The number of aliphatic hydroxyl groups excluding tert-OH is 1. The number of nitrogens with zero attached hydrogens (tertiary/aromatic N) is 1. The molecule has 0 saturated carbocycles. The van der Waals surface area contributed by atoms with Crippen LogP contribution in [0.1, 0.15) is 58.9 Å². The van der Waals surface area contributed by atoms with Crippen LogP contribution in [0.3, 0.4) is 0 Å². The van der Waals surface area contributed by atoms with Gasteiger partial charge in [0.15, 0.2) is 0 Å². The fraction of sp³-hybridized carbons (Fsp3) is 0.724. The van der Waals surface area contributed by atoms with Crippen molar-refractivity contribution in [2.45, 2.75) is 72.0 Å². The van der Waals surface area contributed by atoms with E-state index in [1.54, 1.807) is 14.2 Å². The summed E-state index contributed by atoms with van der Waals surface area (Å²) in [6.07, 6.45) is 2.79. The van der Waals surface area contributed by atoms with Crippen molar-refractivity contribution in [3.8, 4) is 11.5 Å². The van der Waals surface area contributed by atoms with Gasteiger partial charge in [-0.1, -0.05) is 20.8 Å². The standard InChI is InChI=1S/C29H49N3O6/c1-7-21(4)32(18-22-12-26(37-6)15-27(13-22)38-10-8-9-36-5)29(35)24-14-23(16-30-17-24)28(34)31-25(19-33)11-20(2)3/h12-13,15,20-21,23-25,30,33H,7-11,14,16-19H2,1-6H3,(H,31,34)/t21-,23-,24+,25?/m0/s1. The summed E-state index contributed by atoms with van der Waals surface area (Å²) < 4.78 is 16.5. The third kappa shape index (κ3) is 10.1. The third-order valence-electron chi connectivity index (χ3n) is 7.09. The fourth-order valence-electron chi connectivity index (χ4n) is 4.82. The van der Waals surface area contributed by atoms with Crippen LogP contribution >= 0.6 is 0 Å². The average molecular weight is 536 g/mol. The molecule has 9 nitrogen and oxygen atoms in total. The molecule has 2 amide bonds. The van der Waals surface area contributed by atoms with E-state index in [9.17, 15) is 14.7 Å². The van der Waals surface area contributed by atoms with Crippen LogP contribution in [0.5, 0.6) is 11.5 Å². The minimum absolute atomic E-state index is 0.0267. The Morgan fingerprint density at radius 1 is 1.11 bits per heavy atom. The highest BCUT2D eigenvalue weighted by Crippen LogP contribution is 2.27. The number of carbonyl (C=O) groups excluding carboxylic acids is 2. The van der Waals surface area contributed by atoms with Gasteiger partial charge in [-0.15, -0.1) is 0 Å². The second-order valence-corrected chi connectivity index (χ2v) is 10.7. The lowest BCUT2D eigenvalue weighted by molar-refractivity contribution is -0.140. The summed E-state index contributed by atoms with van der Waals surface area (Å²) in [5.41, 5.74) is 0.928. The van der Waals surface area contributed by atoms with Crippen LogP contribution in [0.15, 0.2) is 18.2 Å². The minimum atomic E-state index is -0.318. The van der Waals surface area contributed by atoms with Gasteiger partial charge in [0.1, 0.15) is 11.5 Å². The molecule has 3 N–H and O–H groups in total. The van der Waals surface area contributed by atoms with E-state index >= 15 is 0 Å². The molecule has 0 bridgehead atoms. The molecule has 0 spiro atoms. The van der Waals surface area contributed by atoms with Crippen molar-refractivity contribution in [3.63, 3.8) is 0 Å². The highest BCUT2D eigenvalue weighted by atomic mass is 16.5. The van der Waals surface area contributed by atoms with Gasteiger partial charge >= 0.3 is 0 Å². The van der Waals surface area contributed by atoms with Gasteiger partial charge in [0.25, 0.3) is 0 Å². The largest absolute Gasteiger partial charge is 0.497 e. The summed E-state index contributed by atoms with van der Waals surface area (Å²) in [7, 11) is 3.28. The summed E-state index contributed by atoms with van der Waals surface area (Å²) in [6.45, 7) is 10.8. The van der Waals surface area contributed by atoms with Crippen LogP contribution < -0.4 is 20.1 Å². The Hall–Kier alpha value is -2.36. The number of amides is 2. The normalized spacial score (nSPS) is 19.1. The molecule has 1 aromatic rings. The number of methoxy groups -OCH3 is 2. The number of carbonyl (C=O) groups is 2. The number of aliphatic hydroxyl groups is 1. The summed E-state index contributed by atoms with van der Waals surface area (Å²) in [5.74, 6) is 1.05. The van der Waals surface area contributed by atoms with Crippen LogP contribution in [0.25, 0.3) is 0 Å². The number of rotatable bonds is 16. The van der Waals surface area contributed by atoms with Crippen molar-refractivity contribution in [3.05, 3.63) is 23.8 Å². The van der Waals surface area contributed by atoms with Crippen molar-refractivity contribution in [1.82, 2.24) is 15.5 Å². The molecule has 0 radical (unpaired) electrons. The lowest BCUT2D eigenvalue weighted by Crippen LogP contribution is -2.52. The van der Waals surface area contributed by atoms with E-state index in [0.717, 1.165) is 18.4 Å². The van der Waals surface area contributed by atoms with E-state index < -0.39 is 0 Å². The second-order valence-electron chi connectivity index (χ2n) is 10.7.